The number of hydrogen-bond donors (Lipinski definition) is 2. The summed E-state index contributed by atoms with van der Waals surface area (Å²) in [4.78, 5) is 0. The van der Waals surface area contributed by atoms with Crippen LogP contribution in [0.5, 0.6) is 0 Å². The SMILES string of the molecule is N=C=N.[C]. The summed E-state index contributed by atoms with van der Waals surface area (Å²) in [6.45, 7) is 0. The van der Waals surface area contributed by atoms with E-state index in [1.54, 1.807) is 0 Å². The quantitative estimate of drug-likeness (QED) is 0.376. The summed E-state index contributed by atoms with van der Waals surface area (Å²) >= 11 is 0. The molecule has 2 heteroatoms. The number of rotatable bonds is 0. The highest BCUT2D eigenvalue weighted by molar-refractivity contribution is 5.29. The molecule has 0 aromatic rings. The predicted molar refractivity (Wildman–Crippen MR) is 13.7 cm³/mol. The molecule has 0 aliphatic carbocycles. The predicted octanol–water partition coefficient (Wildman–Crippen LogP) is 0.399. The van der Waals surface area contributed by atoms with Gasteiger partial charge in [-0.3, -0.25) is 0 Å². The molecule has 0 heterocycles. The van der Waals surface area contributed by atoms with Gasteiger partial charge in [-0.2, -0.15) is 0 Å². The van der Waals surface area contributed by atoms with Crippen LogP contribution in [0.3, 0.4) is 0 Å². The summed E-state index contributed by atoms with van der Waals surface area (Å²) in [6.07, 6.45) is 0. The van der Waals surface area contributed by atoms with E-state index in [4.69, 9.17) is 10.8 Å². The Labute approximate surface area is 25.5 Å². The van der Waals surface area contributed by atoms with Crippen LogP contribution >= 0.6 is 0 Å². The maximum Gasteiger partial charge on any atom is 0.0831 e. The number of hydrogen-bond acceptors (Lipinski definition) is 2. The van der Waals surface area contributed by atoms with Gasteiger partial charge in [-0.05, 0) is 0 Å². The van der Waals surface area contributed by atoms with Crippen molar-refractivity contribution in [1.82, 2.24) is 0 Å². The molecule has 4 radical (unpaired) electrons. The van der Waals surface area contributed by atoms with Gasteiger partial charge >= 0.3 is 0 Å². The van der Waals surface area contributed by atoms with Crippen molar-refractivity contribution >= 4 is 6.01 Å². The second kappa shape index (κ2) is 31.4. The van der Waals surface area contributed by atoms with Crippen molar-refractivity contribution in [2.75, 3.05) is 0 Å². The van der Waals surface area contributed by atoms with Crippen molar-refractivity contribution in [3.8, 4) is 0 Å². The lowest BCUT2D eigenvalue weighted by Gasteiger charge is -1.09. The van der Waals surface area contributed by atoms with Gasteiger partial charge in [0.25, 0.3) is 0 Å². The van der Waals surface area contributed by atoms with Gasteiger partial charge in [0.2, 0.25) is 0 Å². The van der Waals surface area contributed by atoms with Crippen LogP contribution in [0.4, 0.5) is 0 Å². The van der Waals surface area contributed by atoms with Crippen molar-refractivity contribution in [3.05, 3.63) is 7.43 Å². The lowest BCUT2D eigenvalue weighted by atomic mass is 11.6. The fourth-order valence-electron chi connectivity index (χ4n) is 0. The first kappa shape index (κ1) is 10.1. The zero-order valence-electron chi connectivity index (χ0n) is 2.00. The Bertz CT molecular complexity index is 25.0. The Kier molecular flexibility index (Phi) is 78.9. The Morgan fingerprint density at radius 1 is 1.25 bits per heavy atom. The molecule has 0 amide bonds. The van der Waals surface area contributed by atoms with Gasteiger partial charge in [0, 0.05) is 7.43 Å². The highest BCUT2D eigenvalue weighted by Crippen LogP contribution is 0.920. The summed E-state index contributed by atoms with van der Waals surface area (Å²) in [7, 11) is 0. The minimum atomic E-state index is 0. The van der Waals surface area contributed by atoms with E-state index in [0.717, 1.165) is 0 Å². The van der Waals surface area contributed by atoms with E-state index in [1.165, 1.54) is 6.01 Å². The minimum absolute atomic E-state index is 0. The molecule has 0 aliphatic rings. The van der Waals surface area contributed by atoms with Gasteiger partial charge in [-0.15, -0.1) is 0 Å². The van der Waals surface area contributed by atoms with Crippen molar-refractivity contribution in [2.45, 2.75) is 0 Å². The molecule has 4 heavy (non-hydrogen) atoms. The molecule has 2 N–H and O–H groups in total. The summed E-state index contributed by atoms with van der Waals surface area (Å²) in [6, 6.07) is 1.25. The lowest BCUT2D eigenvalue weighted by molar-refractivity contribution is 1.47. The van der Waals surface area contributed by atoms with Crippen molar-refractivity contribution in [3.63, 3.8) is 0 Å². The topological polar surface area (TPSA) is 47.7 Å². The smallest absolute Gasteiger partial charge is 0.0831 e. The van der Waals surface area contributed by atoms with Crippen molar-refractivity contribution in [2.24, 2.45) is 0 Å². The van der Waals surface area contributed by atoms with Gasteiger partial charge in [0.05, 0.1) is 6.01 Å². The van der Waals surface area contributed by atoms with Gasteiger partial charge in [0.15, 0.2) is 0 Å². The van der Waals surface area contributed by atoms with Crippen molar-refractivity contribution < 1.29 is 0 Å². The van der Waals surface area contributed by atoms with Gasteiger partial charge in [-0.1, -0.05) is 0 Å². The fourth-order valence-corrected chi connectivity index (χ4v) is 0. The third-order valence-corrected chi connectivity index (χ3v) is 0. The summed E-state index contributed by atoms with van der Waals surface area (Å²) in [5, 5.41) is 11.2. The Morgan fingerprint density at radius 2 is 1.25 bits per heavy atom. The molecule has 0 saturated carbocycles. The summed E-state index contributed by atoms with van der Waals surface area (Å²) < 4.78 is 0. The van der Waals surface area contributed by atoms with E-state index >= 15 is 0 Å². The highest BCUT2D eigenvalue weighted by Gasteiger charge is 0.934. The van der Waals surface area contributed by atoms with Gasteiger partial charge in [-0.25, -0.2) is 10.8 Å². The molecule has 0 fully saturated rings. The molecule has 20 valence electrons. The molecule has 0 aromatic heterocycles. The zero-order valence-corrected chi connectivity index (χ0v) is 2.00. The van der Waals surface area contributed by atoms with Crippen molar-refractivity contribution in [1.29, 1.82) is 10.8 Å². The van der Waals surface area contributed by atoms with E-state index < -0.39 is 0 Å². The Balaban J connectivity index is 0. The molecule has 0 rings (SSSR count). The van der Waals surface area contributed by atoms with E-state index in [9.17, 15) is 0 Å². The normalized spacial score (nSPS) is 2.00. The Hall–Kier alpha value is -0.620. The molecule has 0 saturated heterocycles. The van der Waals surface area contributed by atoms with Crippen LogP contribution in [-0.2, 0) is 0 Å². The third-order valence-electron chi connectivity index (χ3n) is 0. The lowest BCUT2D eigenvalue weighted by Crippen LogP contribution is -1.11. The van der Waals surface area contributed by atoms with Crippen LogP contribution < -0.4 is 0 Å². The van der Waals surface area contributed by atoms with Crippen LogP contribution in [0.2, 0.25) is 0 Å². The standard InChI is InChI=1S/CH2N2.C/c2-1-3;/h2-3H;. The zero-order chi connectivity index (χ0) is 2.71. The molecule has 0 spiro atoms. The third kappa shape index (κ3) is 0.518. The first-order valence-corrected chi connectivity index (χ1v) is 0.500. The molecule has 0 aliphatic heterocycles. The summed E-state index contributed by atoms with van der Waals surface area (Å²) in [5.41, 5.74) is 0. The maximum absolute atomic E-state index is 5.62. The molecule has 0 bridgehead atoms. The van der Waals surface area contributed by atoms with Crippen LogP contribution in [0.1, 0.15) is 0 Å². The van der Waals surface area contributed by atoms with Crippen LogP contribution in [0.25, 0.3) is 0 Å². The first-order valence-electron chi connectivity index (χ1n) is 0.500. The molecule has 0 atom stereocenters. The van der Waals surface area contributed by atoms with E-state index in [1.807, 2.05) is 0 Å². The van der Waals surface area contributed by atoms with E-state index in [0.29, 0.717) is 0 Å². The van der Waals surface area contributed by atoms with E-state index in [2.05, 4.69) is 0 Å². The van der Waals surface area contributed by atoms with Gasteiger partial charge < -0.3 is 0 Å². The van der Waals surface area contributed by atoms with Crippen LogP contribution in [0, 0.1) is 18.2 Å². The van der Waals surface area contributed by atoms with Gasteiger partial charge in [0.1, 0.15) is 0 Å². The monoisotopic (exact) mass is 54.0 g/mol. The molecule has 0 unspecified atom stereocenters. The van der Waals surface area contributed by atoms with Crippen LogP contribution in [0.15, 0.2) is 0 Å². The molecule has 2 nitrogen and oxygen atoms in total. The first-order chi connectivity index (χ1) is 1.41. The molecular weight excluding hydrogens is 52.0 g/mol. The van der Waals surface area contributed by atoms with E-state index in [-0.39, 0.29) is 7.43 Å². The molecule has 0 aromatic carbocycles. The van der Waals surface area contributed by atoms with Crippen LogP contribution in [-0.4, -0.2) is 6.01 Å². The maximum atomic E-state index is 5.62. The molecular formula is C2H2N2. The second-order valence-corrected chi connectivity index (χ2v) is 0.125. The average molecular weight is 54.1 g/mol. The second-order valence-electron chi connectivity index (χ2n) is 0.125. The fraction of sp³-hybridized carbons (Fsp3) is 0. The number of nitrogens with one attached hydrogen (secondary N) is 2. The average Bonchev–Trinajstić information content (AvgIpc) is 0.918. The minimum Gasteiger partial charge on any atom is -0.242 e. The Morgan fingerprint density at radius 3 is 1.25 bits per heavy atom. The highest BCUT2D eigenvalue weighted by atomic mass is 14.4. The largest absolute Gasteiger partial charge is 0.242 e. The summed E-state index contributed by atoms with van der Waals surface area (Å²) in [5.74, 6) is 0.